The Morgan fingerprint density at radius 1 is 0.846 bits per heavy atom. The highest BCUT2D eigenvalue weighted by Gasteiger charge is 2.24. The highest BCUT2D eigenvalue weighted by Crippen LogP contribution is 2.38. The molecule has 1 aliphatic rings. The summed E-state index contributed by atoms with van der Waals surface area (Å²) in [5.41, 5.74) is 2.36. The zero-order chi connectivity index (χ0) is 18.4. The monoisotopic (exact) mass is 382 g/mol. The normalized spacial score (nSPS) is 13.8. The Hall–Kier alpha value is -2.24. The molecule has 1 aliphatic heterocycles. The lowest BCUT2D eigenvalue weighted by atomic mass is 9.95. The van der Waals surface area contributed by atoms with Gasteiger partial charge in [0.05, 0.1) is 4.24 Å². The molecule has 3 rings (SSSR count). The molecule has 5 heteroatoms. The Bertz CT molecular complexity index is 806. The molecule has 3 nitrogen and oxygen atoms in total. The number of benzene rings is 2. The van der Waals surface area contributed by atoms with Gasteiger partial charge >= 0.3 is 5.97 Å². The molecule has 0 amide bonds. The van der Waals surface area contributed by atoms with E-state index in [9.17, 15) is 14.7 Å². The standard InChI is InChI=1S/C21H18O3S2/c22-18(19(20(23)24)21-25-12-7-13-26-21)14-17(15-8-3-1-4-9-15)16-10-5-2-6-11-16/h1-6,8-11,14H,7,12-13H2,(H,23,24). The summed E-state index contributed by atoms with van der Waals surface area (Å²) in [5.74, 6) is 0.0708. The van der Waals surface area contributed by atoms with E-state index in [-0.39, 0.29) is 5.57 Å². The van der Waals surface area contributed by atoms with E-state index in [2.05, 4.69) is 0 Å². The first kappa shape index (κ1) is 18.5. The summed E-state index contributed by atoms with van der Waals surface area (Å²) in [6.45, 7) is 0. The molecule has 0 radical (unpaired) electrons. The molecule has 0 unspecified atom stereocenters. The van der Waals surface area contributed by atoms with Crippen LogP contribution in [0.2, 0.25) is 0 Å². The van der Waals surface area contributed by atoms with Crippen LogP contribution in [0.3, 0.4) is 0 Å². The maximum Gasteiger partial charge on any atom is 0.341 e. The Morgan fingerprint density at radius 2 is 1.35 bits per heavy atom. The van der Waals surface area contributed by atoms with Crippen LogP contribution in [-0.4, -0.2) is 28.4 Å². The van der Waals surface area contributed by atoms with Gasteiger partial charge in [-0.15, -0.1) is 23.5 Å². The van der Waals surface area contributed by atoms with Crippen LogP contribution < -0.4 is 0 Å². The number of thioether (sulfide) groups is 2. The van der Waals surface area contributed by atoms with Crippen LogP contribution in [0.25, 0.3) is 5.57 Å². The second-order valence-electron chi connectivity index (χ2n) is 5.67. The van der Waals surface area contributed by atoms with Crippen LogP contribution in [0, 0.1) is 0 Å². The largest absolute Gasteiger partial charge is 0.477 e. The van der Waals surface area contributed by atoms with E-state index in [1.807, 2.05) is 60.7 Å². The lowest BCUT2D eigenvalue weighted by Gasteiger charge is -2.15. The number of carboxylic acids is 1. The molecule has 0 aromatic heterocycles. The zero-order valence-corrected chi connectivity index (χ0v) is 15.7. The van der Waals surface area contributed by atoms with E-state index in [1.165, 1.54) is 29.6 Å². The molecule has 2 aromatic rings. The number of allylic oxidation sites excluding steroid dienone is 1. The first-order chi connectivity index (χ1) is 12.7. The topological polar surface area (TPSA) is 54.4 Å². The molecule has 0 saturated carbocycles. The number of carboxylic acid groups (broad SMARTS) is 1. The molecule has 0 bridgehead atoms. The fourth-order valence-corrected chi connectivity index (χ4v) is 5.27. The van der Waals surface area contributed by atoms with Crippen molar-refractivity contribution in [2.24, 2.45) is 0 Å². The molecule has 0 aliphatic carbocycles. The van der Waals surface area contributed by atoms with Crippen molar-refractivity contribution in [3.05, 3.63) is 87.7 Å². The summed E-state index contributed by atoms with van der Waals surface area (Å²) in [5, 5.41) is 9.62. The number of ketones is 1. The Morgan fingerprint density at radius 3 is 1.81 bits per heavy atom. The first-order valence-corrected chi connectivity index (χ1v) is 10.2. The molecule has 1 N–H and O–H groups in total. The summed E-state index contributed by atoms with van der Waals surface area (Å²) >= 11 is 2.92. The van der Waals surface area contributed by atoms with Crippen molar-refractivity contribution in [2.45, 2.75) is 6.42 Å². The Kier molecular flexibility index (Phi) is 6.36. The molecule has 1 fully saturated rings. The predicted octanol–water partition coefficient (Wildman–Crippen LogP) is 4.85. The van der Waals surface area contributed by atoms with Crippen LogP contribution >= 0.6 is 23.5 Å². The van der Waals surface area contributed by atoms with Gasteiger partial charge in [0.25, 0.3) is 0 Å². The number of carbonyl (C=O) groups excluding carboxylic acids is 1. The fraction of sp³-hybridized carbons (Fsp3) is 0.143. The van der Waals surface area contributed by atoms with Crippen LogP contribution in [0.5, 0.6) is 0 Å². The first-order valence-electron chi connectivity index (χ1n) is 8.27. The Labute approximate surface area is 161 Å². The van der Waals surface area contributed by atoms with Crippen LogP contribution in [-0.2, 0) is 9.59 Å². The van der Waals surface area contributed by atoms with Crippen molar-refractivity contribution in [2.75, 3.05) is 11.5 Å². The summed E-state index contributed by atoms with van der Waals surface area (Å²) in [7, 11) is 0. The van der Waals surface area contributed by atoms with Crippen molar-refractivity contribution in [3.8, 4) is 0 Å². The third-order valence-electron chi connectivity index (χ3n) is 3.86. The number of hydrogen-bond acceptors (Lipinski definition) is 4. The predicted molar refractivity (Wildman–Crippen MR) is 109 cm³/mol. The van der Waals surface area contributed by atoms with E-state index < -0.39 is 11.8 Å². The van der Waals surface area contributed by atoms with Gasteiger partial charge in [-0.2, -0.15) is 0 Å². The minimum Gasteiger partial charge on any atom is -0.477 e. The van der Waals surface area contributed by atoms with E-state index in [1.54, 1.807) is 0 Å². The fourth-order valence-electron chi connectivity index (χ4n) is 2.64. The number of rotatable bonds is 5. The minimum atomic E-state index is -1.16. The van der Waals surface area contributed by atoms with Crippen molar-refractivity contribution >= 4 is 40.8 Å². The van der Waals surface area contributed by atoms with Crippen LogP contribution in [0.4, 0.5) is 0 Å². The van der Waals surface area contributed by atoms with Crippen molar-refractivity contribution in [1.82, 2.24) is 0 Å². The van der Waals surface area contributed by atoms with Gasteiger partial charge in [-0.05, 0) is 40.7 Å². The summed E-state index contributed by atoms with van der Waals surface area (Å²) in [6.07, 6.45) is 2.48. The third-order valence-corrected chi connectivity index (χ3v) is 6.49. The highest BCUT2D eigenvalue weighted by molar-refractivity contribution is 8.22. The second-order valence-corrected chi connectivity index (χ2v) is 8.14. The van der Waals surface area contributed by atoms with E-state index in [0.29, 0.717) is 4.24 Å². The van der Waals surface area contributed by atoms with Gasteiger partial charge < -0.3 is 5.11 Å². The van der Waals surface area contributed by atoms with Gasteiger partial charge in [-0.3, -0.25) is 4.79 Å². The molecule has 26 heavy (non-hydrogen) atoms. The van der Waals surface area contributed by atoms with Crippen molar-refractivity contribution in [3.63, 3.8) is 0 Å². The lowest BCUT2D eigenvalue weighted by Crippen LogP contribution is -2.14. The van der Waals surface area contributed by atoms with Gasteiger partial charge in [0.15, 0.2) is 5.78 Å². The maximum absolute atomic E-state index is 12.9. The van der Waals surface area contributed by atoms with E-state index in [4.69, 9.17) is 0 Å². The third kappa shape index (κ3) is 4.48. The smallest absolute Gasteiger partial charge is 0.341 e. The molecule has 132 valence electrons. The van der Waals surface area contributed by atoms with Crippen LogP contribution in [0.15, 0.2) is 76.5 Å². The number of hydrogen-bond donors (Lipinski definition) is 1. The van der Waals surface area contributed by atoms with Crippen molar-refractivity contribution < 1.29 is 14.7 Å². The Balaban J connectivity index is 2.07. The molecule has 0 atom stereocenters. The zero-order valence-electron chi connectivity index (χ0n) is 14.1. The highest BCUT2D eigenvalue weighted by atomic mass is 32.2. The van der Waals surface area contributed by atoms with Gasteiger partial charge in [-0.1, -0.05) is 60.7 Å². The summed E-state index contributed by atoms with van der Waals surface area (Å²) in [4.78, 5) is 24.7. The van der Waals surface area contributed by atoms with Crippen LogP contribution in [0.1, 0.15) is 17.5 Å². The molecule has 2 aromatic carbocycles. The average Bonchev–Trinajstić information content (AvgIpc) is 2.68. The number of carbonyl (C=O) groups is 2. The minimum absolute atomic E-state index is 0.121. The SMILES string of the molecule is O=C(O)C(C(=O)C=C(c1ccccc1)c1ccccc1)=C1SCCCS1. The lowest BCUT2D eigenvalue weighted by molar-refractivity contribution is -0.134. The summed E-state index contributed by atoms with van der Waals surface area (Å²) < 4.78 is 0.616. The molecular weight excluding hydrogens is 364 g/mol. The average molecular weight is 383 g/mol. The molecular formula is C21H18O3S2. The molecule has 1 saturated heterocycles. The van der Waals surface area contributed by atoms with Gasteiger partial charge in [0.2, 0.25) is 0 Å². The maximum atomic E-state index is 12.9. The molecule has 1 heterocycles. The quantitative estimate of drug-likeness (QED) is 0.455. The second kappa shape index (κ2) is 8.92. The van der Waals surface area contributed by atoms with Gasteiger partial charge in [-0.25, -0.2) is 4.79 Å². The van der Waals surface area contributed by atoms with Gasteiger partial charge in [0.1, 0.15) is 5.57 Å². The van der Waals surface area contributed by atoms with Crippen molar-refractivity contribution in [1.29, 1.82) is 0 Å². The summed E-state index contributed by atoms with van der Waals surface area (Å²) in [6, 6.07) is 19.1. The van der Waals surface area contributed by atoms with E-state index in [0.717, 1.165) is 34.6 Å². The molecule has 0 spiro atoms. The van der Waals surface area contributed by atoms with Gasteiger partial charge in [0, 0.05) is 0 Å². The number of aliphatic carboxylic acids is 1. The van der Waals surface area contributed by atoms with E-state index >= 15 is 0 Å².